The van der Waals surface area contributed by atoms with Crippen LogP contribution in [0.15, 0.2) is 95.5 Å². The van der Waals surface area contributed by atoms with Gasteiger partial charge in [-0.25, -0.2) is 0 Å². The Labute approximate surface area is 164 Å². The zero-order valence-electron chi connectivity index (χ0n) is 16.0. The maximum absolute atomic E-state index is 5.99. The van der Waals surface area contributed by atoms with Crippen molar-refractivity contribution in [2.75, 3.05) is 0 Å². The van der Waals surface area contributed by atoms with Gasteiger partial charge in [-0.2, -0.15) is 0 Å². The van der Waals surface area contributed by atoms with Crippen molar-refractivity contribution in [3.63, 3.8) is 0 Å². The molecule has 3 aromatic carbocycles. The summed E-state index contributed by atoms with van der Waals surface area (Å²) in [6, 6.07) is 29.4. The van der Waals surface area contributed by atoms with Crippen LogP contribution in [0.1, 0.15) is 25.0 Å². The second kappa shape index (κ2) is 6.35. The molecule has 0 saturated carbocycles. The first-order valence-corrected chi connectivity index (χ1v) is 9.57. The van der Waals surface area contributed by atoms with Crippen LogP contribution in [-0.2, 0) is 5.41 Å². The van der Waals surface area contributed by atoms with Gasteiger partial charge < -0.3 is 4.42 Å². The fourth-order valence-electron chi connectivity index (χ4n) is 4.02. The third-order valence-corrected chi connectivity index (χ3v) is 5.63. The van der Waals surface area contributed by atoms with Gasteiger partial charge in [0.15, 0.2) is 0 Å². The molecule has 2 nitrogen and oxygen atoms in total. The first-order valence-electron chi connectivity index (χ1n) is 9.57. The predicted octanol–water partition coefficient (Wildman–Crippen LogP) is 6.97. The van der Waals surface area contributed by atoms with Crippen molar-refractivity contribution in [3.8, 4) is 11.3 Å². The Morgan fingerprint density at radius 2 is 1.46 bits per heavy atom. The van der Waals surface area contributed by atoms with Crippen molar-refractivity contribution in [1.29, 1.82) is 0 Å². The quantitative estimate of drug-likeness (QED) is 0.346. The van der Waals surface area contributed by atoms with Crippen LogP contribution in [0.25, 0.3) is 33.2 Å². The van der Waals surface area contributed by atoms with Gasteiger partial charge in [0.2, 0.25) is 0 Å². The highest BCUT2D eigenvalue weighted by Crippen LogP contribution is 2.38. The summed E-state index contributed by atoms with van der Waals surface area (Å²) in [5, 5.41) is 2.27. The third kappa shape index (κ3) is 2.61. The van der Waals surface area contributed by atoms with Crippen LogP contribution in [0.3, 0.4) is 0 Å². The Morgan fingerprint density at radius 3 is 2.32 bits per heavy atom. The summed E-state index contributed by atoms with van der Waals surface area (Å²) < 4.78 is 5.99. The van der Waals surface area contributed by atoms with Crippen LogP contribution in [0.5, 0.6) is 0 Å². The van der Waals surface area contributed by atoms with E-state index in [1.807, 2.05) is 24.4 Å². The summed E-state index contributed by atoms with van der Waals surface area (Å²) in [7, 11) is 0. The topological polar surface area (TPSA) is 26.0 Å². The lowest BCUT2D eigenvalue weighted by Crippen LogP contribution is -2.20. The number of furan rings is 1. The van der Waals surface area contributed by atoms with Gasteiger partial charge in [-0.15, -0.1) is 0 Å². The predicted molar refractivity (Wildman–Crippen MR) is 116 cm³/mol. The summed E-state index contributed by atoms with van der Waals surface area (Å²) in [6.45, 7) is 4.52. The molecule has 0 atom stereocenters. The van der Waals surface area contributed by atoms with E-state index in [-0.39, 0.29) is 5.41 Å². The molecular formula is C26H21NO. The van der Waals surface area contributed by atoms with Crippen molar-refractivity contribution >= 4 is 21.9 Å². The Hall–Kier alpha value is -3.39. The average Bonchev–Trinajstić information content (AvgIpc) is 3.12. The summed E-state index contributed by atoms with van der Waals surface area (Å²) in [6.07, 6.45) is 1.87. The highest BCUT2D eigenvalue weighted by Gasteiger charge is 2.27. The van der Waals surface area contributed by atoms with Crippen molar-refractivity contribution in [2.45, 2.75) is 19.3 Å². The minimum Gasteiger partial charge on any atom is -0.456 e. The van der Waals surface area contributed by atoms with E-state index in [0.29, 0.717) is 0 Å². The van der Waals surface area contributed by atoms with Gasteiger partial charge in [0, 0.05) is 27.9 Å². The molecule has 136 valence electrons. The van der Waals surface area contributed by atoms with Crippen molar-refractivity contribution in [1.82, 2.24) is 4.98 Å². The molecule has 0 amide bonds. The van der Waals surface area contributed by atoms with Gasteiger partial charge in [0.25, 0.3) is 0 Å². The fraction of sp³-hybridized carbons (Fsp3) is 0.115. The number of fused-ring (bicyclic) bond motifs is 3. The first-order chi connectivity index (χ1) is 13.6. The van der Waals surface area contributed by atoms with Gasteiger partial charge in [-0.3, -0.25) is 4.98 Å². The molecule has 2 aromatic heterocycles. The Balaban J connectivity index is 1.72. The Bertz CT molecular complexity index is 1280. The van der Waals surface area contributed by atoms with E-state index in [2.05, 4.69) is 80.6 Å². The zero-order chi connectivity index (χ0) is 19.1. The SMILES string of the molecule is CC(C)(c1ccccc1)c1cccnc1-c1ccc2oc3ccccc3c2c1. The molecule has 0 bridgehead atoms. The molecule has 2 heteroatoms. The number of pyridine rings is 1. The second-order valence-electron chi connectivity index (χ2n) is 7.70. The third-order valence-electron chi connectivity index (χ3n) is 5.63. The van der Waals surface area contributed by atoms with Gasteiger partial charge in [0.05, 0.1) is 5.69 Å². The summed E-state index contributed by atoms with van der Waals surface area (Å²) >= 11 is 0. The van der Waals surface area contributed by atoms with E-state index in [4.69, 9.17) is 9.40 Å². The normalized spacial score (nSPS) is 11.9. The number of hydrogen-bond acceptors (Lipinski definition) is 2. The molecule has 0 aliphatic carbocycles. The van der Waals surface area contributed by atoms with Crippen LogP contribution in [-0.4, -0.2) is 4.98 Å². The van der Waals surface area contributed by atoms with Crippen molar-refractivity contribution in [2.24, 2.45) is 0 Å². The number of para-hydroxylation sites is 1. The summed E-state index contributed by atoms with van der Waals surface area (Å²) in [5.41, 5.74) is 6.29. The average molecular weight is 363 g/mol. The lowest BCUT2D eigenvalue weighted by molar-refractivity contribution is 0.640. The molecule has 0 N–H and O–H groups in total. The lowest BCUT2D eigenvalue weighted by atomic mass is 9.76. The number of rotatable bonds is 3. The summed E-state index contributed by atoms with van der Waals surface area (Å²) in [4.78, 5) is 4.78. The molecule has 0 aliphatic rings. The van der Waals surface area contributed by atoms with E-state index >= 15 is 0 Å². The minimum atomic E-state index is -0.154. The molecule has 28 heavy (non-hydrogen) atoms. The molecule has 0 spiro atoms. The molecule has 0 aliphatic heterocycles. The van der Waals surface area contributed by atoms with E-state index in [0.717, 1.165) is 33.2 Å². The number of benzene rings is 3. The largest absolute Gasteiger partial charge is 0.456 e. The maximum atomic E-state index is 5.99. The van der Waals surface area contributed by atoms with E-state index in [1.165, 1.54) is 11.1 Å². The zero-order valence-corrected chi connectivity index (χ0v) is 16.0. The van der Waals surface area contributed by atoms with Crippen molar-refractivity contribution < 1.29 is 4.42 Å². The van der Waals surface area contributed by atoms with E-state index in [9.17, 15) is 0 Å². The molecule has 5 rings (SSSR count). The minimum absolute atomic E-state index is 0.154. The van der Waals surface area contributed by atoms with Gasteiger partial charge in [0.1, 0.15) is 11.2 Å². The van der Waals surface area contributed by atoms with Gasteiger partial charge in [-0.1, -0.05) is 68.4 Å². The number of nitrogens with zero attached hydrogens (tertiary/aromatic N) is 1. The van der Waals surface area contributed by atoms with Crippen LogP contribution >= 0.6 is 0 Å². The lowest BCUT2D eigenvalue weighted by Gasteiger charge is -2.28. The van der Waals surface area contributed by atoms with Crippen LogP contribution < -0.4 is 0 Å². The Kier molecular flexibility index (Phi) is 3.80. The van der Waals surface area contributed by atoms with Crippen LogP contribution in [0.2, 0.25) is 0 Å². The van der Waals surface area contributed by atoms with E-state index in [1.54, 1.807) is 0 Å². The highest BCUT2D eigenvalue weighted by molar-refractivity contribution is 6.06. The maximum Gasteiger partial charge on any atom is 0.135 e. The Morgan fingerprint density at radius 1 is 0.714 bits per heavy atom. The van der Waals surface area contributed by atoms with Gasteiger partial charge in [-0.05, 0) is 41.5 Å². The van der Waals surface area contributed by atoms with Crippen molar-refractivity contribution in [3.05, 3.63) is 102 Å². The number of aromatic nitrogens is 1. The highest BCUT2D eigenvalue weighted by atomic mass is 16.3. The molecule has 2 heterocycles. The van der Waals surface area contributed by atoms with Gasteiger partial charge >= 0.3 is 0 Å². The molecule has 0 saturated heterocycles. The summed E-state index contributed by atoms with van der Waals surface area (Å²) in [5.74, 6) is 0. The number of hydrogen-bond donors (Lipinski definition) is 0. The molecular weight excluding hydrogens is 342 g/mol. The molecule has 0 radical (unpaired) electrons. The molecule has 0 unspecified atom stereocenters. The smallest absolute Gasteiger partial charge is 0.135 e. The first kappa shape index (κ1) is 16.8. The monoisotopic (exact) mass is 363 g/mol. The van der Waals surface area contributed by atoms with Crippen LogP contribution in [0.4, 0.5) is 0 Å². The molecule has 5 aromatic rings. The second-order valence-corrected chi connectivity index (χ2v) is 7.70. The standard InChI is InChI=1S/C26H21NO/c1-26(2,19-9-4-3-5-10-19)22-12-8-16-27-25(22)18-14-15-24-21(17-18)20-11-6-7-13-23(20)28-24/h3-17H,1-2H3. The van der Waals surface area contributed by atoms with Crippen LogP contribution in [0, 0.1) is 0 Å². The van der Waals surface area contributed by atoms with E-state index < -0.39 is 0 Å². The molecule has 0 fully saturated rings. The fourth-order valence-corrected chi connectivity index (χ4v) is 4.02.